The number of rotatable bonds is 8. The van der Waals surface area contributed by atoms with Crippen molar-refractivity contribution in [2.45, 2.75) is 78.0 Å². The quantitative estimate of drug-likeness (QED) is 0.584. The zero-order chi connectivity index (χ0) is 24.4. The number of hydrogen-bond acceptors (Lipinski definition) is 4. The largest absolute Gasteiger partial charge is 0.487 e. The van der Waals surface area contributed by atoms with Crippen molar-refractivity contribution in [3.8, 4) is 5.75 Å². The Kier molecular flexibility index (Phi) is 7.42. The molecule has 33 heavy (non-hydrogen) atoms. The lowest BCUT2D eigenvalue weighted by atomic mass is 9.83. The molecular weight excluding hydrogens is 436 g/mol. The maximum Gasteiger partial charge on any atom is 0.244 e. The highest BCUT2D eigenvalue weighted by Crippen LogP contribution is 2.42. The smallest absolute Gasteiger partial charge is 0.244 e. The molecule has 2 aromatic carbocycles. The predicted octanol–water partition coefficient (Wildman–Crippen LogP) is 5.05. The second-order valence-corrected chi connectivity index (χ2v) is 10.9. The number of ether oxygens (including phenoxy) is 1. The molecule has 6 nitrogen and oxygen atoms in total. The van der Waals surface area contributed by atoms with Crippen molar-refractivity contribution < 1.29 is 17.9 Å². The highest BCUT2D eigenvalue weighted by molar-refractivity contribution is 7.92. The van der Waals surface area contributed by atoms with E-state index in [1.807, 2.05) is 57.2 Å². The summed E-state index contributed by atoms with van der Waals surface area (Å²) in [5.74, 6) is 0.476. The van der Waals surface area contributed by atoms with Crippen LogP contribution in [0, 0.1) is 13.8 Å². The number of carbonyl (C=O) groups is 1. The van der Waals surface area contributed by atoms with Crippen LogP contribution in [0.3, 0.4) is 0 Å². The third kappa shape index (κ3) is 5.18. The fourth-order valence-corrected chi connectivity index (χ4v) is 5.82. The number of aryl methyl sites for hydroxylation is 2. The van der Waals surface area contributed by atoms with Crippen LogP contribution in [-0.2, 0) is 14.8 Å². The van der Waals surface area contributed by atoms with E-state index in [1.54, 1.807) is 6.07 Å². The van der Waals surface area contributed by atoms with E-state index in [1.165, 1.54) is 4.31 Å². The average Bonchev–Trinajstić information content (AvgIpc) is 2.78. The minimum Gasteiger partial charge on any atom is -0.487 e. The molecule has 3 rings (SSSR count). The van der Waals surface area contributed by atoms with Crippen molar-refractivity contribution in [3.63, 3.8) is 0 Å². The number of carbonyl (C=O) groups excluding carboxylic acids is 1. The number of sulfonamides is 1. The van der Waals surface area contributed by atoms with Crippen LogP contribution in [0.4, 0.5) is 5.69 Å². The average molecular weight is 473 g/mol. The molecule has 2 aromatic rings. The van der Waals surface area contributed by atoms with Crippen LogP contribution in [0.2, 0.25) is 0 Å². The van der Waals surface area contributed by atoms with Crippen LogP contribution in [0.15, 0.2) is 42.5 Å². The summed E-state index contributed by atoms with van der Waals surface area (Å²) in [6.07, 6.45) is 3.78. The van der Waals surface area contributed by atoms with Crippen LogP contribution >= 0.6 is 0 Å². The first kappa shape index (κ1) is 25.1. The fourth-order valence-electron chi connectivity index (χ4n) is 4.62. The van der Waals surface area contributed by atoms with Crippen molar-refractivity contribution in [3.05, 3.63) is 59.2 Å². The fraction of sp³-hybridized carbons (Fsp3) is 0.500. The van der Waals surface area contributed by atoms with Gasteiger partial charge in [-0.1, -0.05) is 45.0 Å². The first-order valence-corrected chi connectivity index (χ1v) is 13.5. The molecule has 1 aliphatic rings. The SMILES string of the molecule is CCC(C(=O)NC1CC(CC)(CC)Oc2ccccc21)N(c1ccc(C)c(C)c1)S(C)(=O)=O. The first-order chi connectivity index (χ1) is 15.5. The van der Waals surface area contributed by atoms with Crippen LogP contribution in [0.25, 0.3) is 0 Å². The summed E-state index contributed by atoms with van der Waals surface area (Å²) in [7, 11) is -3.69. The van der Waals surface area contributed by atoms with Gasteiger partial charge >= 0.3 is 0 Å². The van der Waals surface area contributed by atoms with Gasteiger partial charge in [-0.2, -0.15) is 0 Å². The molecule has 0 aromatic heterocycles. The molecule has 0 radical (unpaired) electrons. The lowest BCUT2D eigenvalue weighted by Gasteiger charge is -2.42. The van der Waals surface area contributed by atoms with Crippen molar-refractivity contribution in [2.75, 3.05) is 10.6 Å². The third-order valence-corrected chi connectivity index (χ3v) is 8.06. The van der Waals surface area contributed by atoms with Crippen molar-refractivity contribution in [2.24, 2.45) is 0 Å². The zero-order valence-corrected chi connectivity index (χ0v) is 21.3. The van der Waals surface area contributed by atoms with Crippen LogP contribution in [0.1, 0.15) is 69.2 Å². The van der Waals surface area contributed by atoms with Gasteiger partial charge in [-0.25, -0.2) is 8.42 Å². The van der Waals surface area contributed by atoms with Gasteiger partial charge in [-0.3, -0.25) is 9.10 Å². The summed E-state index contributed by atoms with van der Waals surface area (Å²) in [5.41, 5.74) is 3.12. The minimum absolute atomic E-state index is 0.252. The molecule has 0 saturated heterocycles. The Morgan fingerprint density at radius 3 is 2.36 bits per heavy atom. The Hall–Kier alpha value is -2.54. The second-order valence-electron chi connectivity index (χ2n) is 9.05. The lowest BCUT2D eigenvalue weighted by molar-refractivity contribution is -0.123. The van der Waals surface area contributed by atoms with E-state index in [4.69, 9.17) is 4.74 Å². The number of benzene rings is 2. The Morgan fingerprint density at radius 2 is 1.79 bits per heavy atom. The maximum absolute atomic E-state index is 13.6. The highest BCUT2D eigenvalue weighted by Gasteiger charge is 2.40. The van der Waals surface area contributed by atoms with Gasteiger partial charge in [-0.05, 0) is 62.4 Å². The normalized spacial score (nSPS) is 18.1. The van der Waals surface area contributed by atoms with Crippen molar-refractivity contribution in [1.29, 1.82) is 0 Å². The minimum atomic E-state index is -3.69. The predicted molar refractivity (Wildman–Crippen MR) is 133 cm³/mol. The molecule has 7 heteroatoms. The standard InChI is InChI=1S/C26H36N2O4S/c1-7-23(28(33(6,30)31)20-15-14-18(4)19(5)16-20)25(29)27-22-17-26(8-2,9-3)32-24-13-11-10-12-21(22)24/h10-16,22-23H,7-9,17H2,1-6H3,(H,27,29). The third-order valence-electron chi connectivity index (χ3n) is 6.88. The second kappa shape index (κ2) is 9.75. The van der Waals surface area contributed by atoms with E-state index in [9.17, 15) is 13.2 Å². The summed E-state index contributed by atoms with van der Waals surface area (Å²) < 4.78 is 33.3. The topological polar surface area (TPSA) is 75.7 Å². The first-order valence-electron chi connectivity index (χ1n) is 11.7. The van der Waals surface area contributed by atoms with E-state index in [0.717, 1.165) is 41.5 Å². The van der Waals surface area contributed by atoms with E-state index in [-0.39, 0.29) is 17.6 Å². The molecule has 1 aliphatic heterocycles. The van der Waals surface area contributed by atoms with Gasteiger partial charge in [0.15, 0.2) is 0 Å². The van der Waals surface area contributed by atoms with Gasteiger partial charge in [0, 0.05) is 12.0 Å². The monoisotopic (exact) mass is 472 g/mol. The number of hydrogen-bond donors (Lipinski definition) is 1. The van der Waals surface area contributed by atoms with E-state index in [2.05, 4.69) is 19.2 Å². The number of amides is 1. The molecule has 0 aliphatic carbocycles. The highest BCUT2D eigenvalue weighted by atomic mass is 32.2. The van der Waals surface area contributed by atoms with Crippen LogP contribution < -0.4 is 14.4 Å². The van der Waals surface area contributed by atoms with E-state index < -0.39 is 16.1 Å². The van der Waals surface area contributed by atoms with Gasteiger partial charge in [-0.15, -0.1) is 0 Å². The molecule has 0 saturated carbocycles. The number of para-hydroxylation sites is 1. The molecule has 1 N–H and O–H groups in total. The molecule has 0 spiro atoms. The Balaban J connectivity index is 1.97. The molecule has 2 atom stereocenters. The maximum atomic E-state index is 13.6. The molecule has 0 bridgehead atoms. The Labute approximate surface area is 198 Å². The van der Waals surface area contributed by atoms with Crippen molar-refractivity contribution in [1.82, 2.24) is 5.32 Å². The lowest BCUT2D eigenvalue weighted by Crippen LogP contribution is -2.52. The van der Waals surface area contributed by atoms with E-state index >= 15 is 0 Å². The summed E-state index contributed by atoms with van der Waals surface area (Å²) in [5, 5.41) is 3.17. The Bertz CT molecular complexity index is 1110. The van der Waals surface area contributed by atoms with Gasteiger partial charge in [0.1, 0.15) is 17.4 Å². The van der Waals surface area contributed by atoms with Gasteiger partial charge in [0.25, 0.3) is 0 Å². The van der Waals surface area contributed by atoms with Crippen LogP contribution in [-0.4, -0.2) is 32.2 Å². The molecule has 180 valence electrons. The van der Waals surface area contributed by atoms with Gasteiger partial charge in [0.2, 0.25) is 15.9 Å². The van der Waals surface area contributed by atoms with Crippen molar-refractivity contribution >= 4 is 21.6 Å². The summed E-state index contributed by atoms with van der Waals surface area (Å²) in [6, 6.07) is 12.1. The van der Waals surface area contributed by atoms with Gasteiger partial charge in [0.05, 0.1) is 18.0 Å². The number of fused-ring (bicyclic) bond motifs is 1. The van der Waals surface area contributed by atoms with E-state index in [0.29, 0.717) is 18.5 Å². The molecule has 1 heterocycles. The summed E-state index contributed by atoms with van der Waals surface area (Å²) >= 11 is 0. The molecular formula is C26H36N2O4S. The Morgan fingerprint density at radius 1 is 1.12 bits per heavy atom. The van der Waals surface area contributed by atoms with Crippen LogP contribution in [0.5, 0.6) is 5.75 Å². The molecule has 0 fully saturated rings. The zero-order valence-electron chi connectivity index (χ0n) is 20.5. The molecule has 1 amide bonds. The number of anilines is 1. The number of nitrogens with one attached hydrogen (secondary N) is 1. The number of nitrogens with zero attached hydrogens (tertiary/aromatic N) is 1. The summed E-state index contributed by atoms with van der Waals surface area (Å²) in [4.78, 5) is 13.6. The van der Waals surface area contributed by atoms with Gasteiger partial charge < -0.3 is 10.1 Å². The molecule has 2 unspecified atom stereocenters. The summed E-state index contributed by atoms with van der Waals surface area (Å²) in [6.45, 7) is 9.94.